The number of carbonyl (C=O) groups excluding carboxylic acids is 2. The molecule has 0 saturated heterocycles. The molecule has 0 unspecified atom stereocenters. The summed E-state index contributed by atoms with van der Waals surface area (Å²) in [5, 5.41) is 1.78. The second kappa shape index (κ2) is 13.6. The molecule has 3 aromatic carbocycles. The van der Waals surface area contributed by atoms with Crippen LogP contribution in [0.5, 0.6) is 0 Å². The number of ether oxygens (including phenoxy) is 1. The number of halogens is 3. The number of aromatic amines is 1. The molecule has 0 atom stereocenters. The number of rotatable bonds is 12. The molecule has 4 aromatic rings. The Balaban J connectivity index is 1.55. The fourth-order valence-corrected chi connectivity index (χ4v) is 5.00. The van der Waals surface area contributed by atoms with Crippen LogP contribution >= 0.6 is 23.2 Å². The van der Waals surface area contributed by atoms with E-state index in [1.54, 1.807) is 30.2 Å². The van der Waals surface area contributed by atoms with Crippen molar-refractivity contribution >= 4 is 45.9 Å². The number of nitrogens with one attached hydrogen (secondary N) is 1. The van der Waals surface area contributed by atoms with Gasteiger partial charge in [0.25, 0.3) is 5.91 Å². The van der Waals surface area contributed by atoms with Gasteiger partial charge in [-0.15, -0.1) is 0 Å². The third kappa shape index (κ3) is 7.82. The molecule has 0 bridgehead atoms. The fraction of sp³-hybridized carbons (Fsp3) is 0.267. The Hall–Kier alpha value is -3.39. The van der Waals surface area contributed by atoms with Gasteiger partial charge in [-0.2, -0.15) is 0 Å². The molecule has 0 aliphatic heterocycles. The molecule has 0 fully saturated rings. The highest BCUT2D eigenvalue weighted by atomic mass is 35.5. The Bertz CT molecular complexity index is 1400. The summed E-state index contributed by atoms with van der Waals surface area (Å²) in [5.41, 5.74) is 3.22. The number of nitrogens with zero attached hydrogens (tertiary/aromatic N) is 2. The summed E-state index contributed by atoms with van der Waals surface area (Å²) in [6.07, 6.45) is 3.12. The van der Waals surface area contributed by atoms with Gasteiger partial charge in [-0.3, -0.25) is 9.59 Å². The lowest BCUT2D eigenvalue weighted by atomic mass is 10.1. The van der Waals surface area contributed by atoms with Crippen molar-refractivity contribution in [1.82, 2.24) is 14.8 Å². The smallest absolute Gasteiger partial charge is 0.254 e. The molecule has 0 aliphatic rings. The Labute approximate surface area is 237 Å². The van der Waals surface area contributed by atoms with E-state index in [-0.39, 0.29) is 30.7 Å². The van der Waals surface area contributed by atoms with Gasteiger partial charge < -0.3 is 19.5 Å². The quantitative estimate of drug-likeness (QED) is 0.202. The first-order valence-corrected chi connectivity index (χ1v) is 13.4. The summed E-state index contributed by atoms with van der Waals surface area (Å²) >= 11 is 12.3. The van der Waals surface area contributed by atoms with Crippen molar-refractivity contribution in [2.45, 2.75) is 19.4 Å². The fourth-order valence-electron chi connectivity index (χ4n) is 4.47. The number of aromatic nitrogens is 1. The third-order valence-corrected chi connectivity index (χ3v) is 6.90. The monoisotopic (exact) mass is 569 g/mol. The van der Waals surface area contributed by atoms with Crippen LogP contribution in [-0.2, 0) is 22.5 Å². The van der Waals surface area contributed by atoms with Crippen LogP contribution in [0.25, 0.3) is 10.9 Å². The maximum absolute atomic E-state index is 13.7. The normalized spacial score (nSPS) is 11.1. The van der Waals surface area contributed by atoms with Crippen LogP contribution in [0.1, 0.15) is 27.9 Å². The minimum absolute atomic E-state index is 0.137. The van der Waals surface area contributed by atoms with E-state index >= 15 is 0 Å². The molecule has 6 nitrogen and oxygen atoms in total. The van der Waals surface area contributed by atoms with E-state index in [2.05, 4.69) is 4.98 Å². The number of H-pyrrole nitrogens is 1. The first-order valence-electron chi connectivity index (χ1n) is 12.7. The Morgan fingerprint density at radius 1 is 0.949 bits per heavy atom. The number of hydrogen-bond donors (Lipinski definition) is 1. The number of fused-ring (bicyclic) bond motifs is 1. The standard InChI is InChI=1S/C30H30Cl2FN3O3/c1-39-14-4-12-36(30(38)23-15-24(31)17-25(32)16-23)20-29(37)35(19-21-7-9-26(33)10-8-21)13-11-22-18-34-28-6-3-2-5-27(22)28/h2-3,5-10,15-18,34H,4,11-14,19-20H2,1H3. The highest BCUT2D eigenvalue weighted by Crippen LogP contribution is 2.22. The van der Waals surface area contributed by atoms with Crippen LogP contribution in [-0.4, -0.2) is 59.9 Å². The van der Waals surface area contributed by atoms with Gasteiger partial charge in [-0.05, 0) is 60.4 Å². The molecule has 4 rings (SSSR count). The molecule has 1 heterocycles. The number of carbonyl (C=O) groups is 2. The van der Waals surface area contributed by atoms with Gasteiger partial charge in [0.2, 0.25) is 5.91 Å². The van der Waals surface area contributed by atoms with Crippen molar-refractivity contribution in [3.8, 4) is 0 Å². The lowest BCUT2D eigenvalue weighted by Gasteiger charge is -2.28. The zero-order valence-electron chi connectivity index (χ0n) is 21.6. The van der Waals surface area contributed by atoms with Crippen molar-refractivity contribution < 1.29 is 18.7 Å². The summed E-state index contributed by atoms with van der Waals surface area (Å²) in [6, 6.07) is 18.7. The maximum Gasteiger partial charge on any atom is 0.254 e. The predicted molar refractivity (Wildman–Crippen MR) is 153 cm³/mol. The van der Waals surface area contributed by atoms with Crippen LogP contribution in [0.4, 0.5) is 4.39 Å². The largest absolute Gasteiger partial charge is 0.385 e. The molecular formula is C30H30Cl2FN3O3. The van der Waals surface area contributed by atoms with E-state index in [0.717, 1.165) is 22.0 Å². The van der Waals surface area contributed by atoms with Crippen LogP contribution in [0, 0.1) is 5.82 Å². The van der Waals surface area contributed by atoms with Gasteiger partial charge in [0.05, 0.1) is 0 Å². The summed E-state index contributed by atoms with van der Waals surface area (Å²) in [6.45, 7) is 1.32. The van der Waals surface area contributed by atoms with E-state index in [4.69, 9.17) is 27.9 Å². The van der Waals surface area contributed by atoms with Crippen molar-refractivity contribution in [2.24, 2.45) is 0 Å². The molecule has 204 valence electrons. The first-order chi connectivity index (χ1) is 18.8. The maximum atomic E-state index is 13.7. The highest BCUT2D eigenvalue weighted by molar-refractivity contribution is 6.35. The van der Waals surface area contributed by atoms with E-state index < -0.39 is 0 Å². The summed E-state index contributed by atoms with van der Waals surface area (Å²) in [7, 11) is 1.59. The van der Waals surface area contributed by atoms with E-state index in [1.165, 1.54) is 29.2 Å². The number of para-hydroxylation sites is 1. The lowest BCUT2D eigenvalue weighted by molar-refractivity contribution is -0.132. The van der Waals surface area contributed by atoms with Crippen LogP contribution in [0.2, 0.25) is 10.0 Å². The number of methoxy groups -OCH3 is 1. The first kappa shape index (κ1) is 28.6. The zero-order chi connectivity index (χ0) is 27.8. The molecule has 0 aliphatic carbocycles. The van der Waals surface area contributed by atoms with Gasteiger partial charge in [0, 0.05) is 66.1 Å². The second-order valence-corrected chi connectivity index (χ2v) is 10.2. The van der Waals surface area contributed by atoms with Crippen molar-refractivity contribution in [1.29, 1.82) is 0 Å². The molecule has 39 heavy (non-hydrogen) atoms. The predicted octanol–water partition coefficient (Wildman–Crippen LogP) is 6.36. The number of hydrogen-bond acceptors (Lipinski definition) is 3. The molecule has 1 aromatic heterocycles. The Morgan fingerprint density at radius 2 is 1.67 bits per heavy atom. The average molecular weight is 570 g/mol. The van der Waals surface area contributed by atoms with E-state index in [1.807, 2.05) is 30.5 Å². The molecule has 9 heteroatoms. The topological polar surface area (TPSA) is 65.6 Å². The zero-order valence-corrected chi connectivity index (χ0v) is 23.1. The Morgan fingerprint density at radius 3 is 2.38 bits per heavy atom. The molecule has 0 saturated carbocycles. The van der Waals surface area contributed by atoms with Crippen LogP contribution < -0.4 is 0 Å². The summed E-state index contributed by atoms with van der Waals surface area (Å²) in [4.78, 5) is 33.6. The highest BCUT2D eigenvalue weighted by Gasteiger charge is 2.23. The van der Waals surface area contributed by atoms with Crippen LogP contribution in [0.15, 0.2) is 72.9 Å². The molecule has 0 radical (unpaired) electrons. The van der Waals surface area contributed by atoms with Crippen molar-refractivity contribution in [3.05, 3.63) is 105 Å². The van der Waals surface area contributed by atoms with Gasteiger partial charge >= 0.3 is 0 Å². The van der Waals surface area contributed by atoms with Crippen molar-refractivity contribution in [2.75, 3.05) is 33.4 Å². The second-order valence-electron chi connectivity index (χ2n) is 9.28. The summed E-state index contributed by atoms with van der Waals surface area (Å²) < 4.78 is 18.7. The van der Waals surface area contributed by atoms with Gasteiger partial charge in [-0.1, -0.05) is 53.5 Å². The molecule has 1 N–H and O–H groups in total. The SMILES string of the molecule is COCCCN(CC(=O)N(CCc1c[nH]c2ccccc12)Cc1ccc(F)cc1)C(=O)c1cc(Cl)cc(Cl)c1. The number of amides is 2. The molecular weight excluding hydrogens is 540 g/mol. The Kier molecular flexibility index (Phi) is 9.98. The van der Waals surface area contributed by atoms with Crippen LogP contribution in [0.3, 0.4) is 0 Å². The van der Waals surface area contributed by atoms with Crippen molar-refractivity contribution in [3.63, 3.8) is 0 Å². The number of benzene rings is 3. The van der Waals surface area contributed by atoms with E-state index in [0.29, 0.717) is 48.1 Å². The summed E-state index contributed by atoms with van der Waals surface area (Å²) in [5.74, 6) is -0.911. The van der Waals surface area contributed by atoms with Gasteiger partial charge in [0.1, 0.15) is 12.4 Å². The van der Waals surface area contributed by atoms with Gasteiger partial charge in [0.15, 0.2) is 0 Å². The molecule has 0 spiro atoms. The third-order valence-electron chi connectivity index (χ3n) is 6.46. The lowest BCUT2D eigenvalue weighted by Crippen LogP contribution is -2.44. The van der Waals surface area contributed by atoms with Gasteiger partial charge in [-0.25, -0.2) is 4.39 Å². The van der Waals surface area contributed by atoms with E-state index in [9.17, 15) is 14.0 Å². The minimum atomic E-state index is -0.345. The average Bonchev–Trinajstić information content (AvgIpc) is 3.33. The molecule has 2 amide bonds. The minimum Gasteiger partial charge on any atom is -0.385 e.